The van der Waals surface area contributed by atoms with E-state index in [0.717, 1.165) is 32.5 Å². The predicted octanol–water partition coefficient (Wildman–Crippen LogP) is 2.60. The highest BCUT2D eigenvalue weighted by Gasteiger charge is 2.24. The molecular weight excluding hydrogens is 297 g/mol. The number of halogens is 2. The normalized spacial score (nSPS) is 17.1. The maximum Gasteiger partial charge on any atom is 0.227 e. The first-order chi connectivity index (χ1) is 9.60. The Kier molecular flexibility index (Phi) is 5.66. The molecule has 1 aliphatic heterocycles. The van der Waals surface area contributed by atoms with Crippen LogP contribution >= 0.6 is 23.2 Å². The van der Waals surface area contributed by atoms with Gasteiger partial charge in [-0.05, 0) is 44.1 Å². The van der Waals surface area contributed by atoms with Crippen molar-refractivity contribution in [2.24, 2.45) is 11.7 Å². The van der Waals surface area contributed by atoms with Gasteiger partial charge in [0.2, 0.25) is 5.91 Å². The third-order valence-corrected chi connectivity index (χ3v) is 4.33. The zero-order chi connectivity index (χ0) is 14.5. The molecule has 0 spiro atoms. The molecule has 1 saturated heterocycles. The maximum atomic E-state index is 12.2. The Morgan fingerprint density at radius 1 is 1.30 bits per heavy atom. The zero-order valence-electron chi connectivity index (χ0n) is 11.2. The molecule has 0 atom stereocenters. The van der Waals surface area contributed by atoms with Crippen molar-refractivity contribution >= 4 is 34.8 Å². The fourth-order valence-electron chi connectivity index (χ4n) is 2.42. The topological polar surface area (TPSA) is 58.4 Å². The van der Waals surface area contributed by atoms with Crippen LogP contribution in [-0.4, -0.2) is 37.0 Å². The molecule has 1 amide bonds. The molecule has 0 unspecified atom stereocenters. The molecule has 3 N–H and O–H groups in total. The third-order valence-electron chi connectivity index (χ3n) is 3.59. The second kappa shape index (κ2) is 7.27. The highest BCUT2D eigenvalue weighted by molar-refractivity contribution is 6.42. The number of carbonyl (C=O) groups is 1. The number of nitrogens with one attached hydrogen (secondary N) is 1. The molecule has 20 heavy (non-hydrogen) atoms. The van der Waals surface area contributed by atoms with Crippen LogP contribution in [0.25, 0.3) is 0 Å². The van der Waals surface area contributed by atoms with E-state index in [-0.39, 0.29) is 11.8 Å². The Hall–Kier alpha value is -0.810. The molecule has 1 aromatic carbocycles. The van der Waals surface area contributed by atoms with Crippen molar-refractivity contribution in [2.45, 2.75) is 12.8 Å². The molecule has 0 bridgehead atoms. The molecule has 0 saturated carbocycles. The van der Waals surface area contributed by atoms with E-state index >= 15 is 0 Å². The number of nitrogens with zero attached hydrogens (tertiary/aromatic N) is 1. The molecule has 6 heteroatoms. The van der Waals surface area contributed by atoms with E-state index in [1.807, 2.05) is 0 Å². The smallest absolute Gasteiger partial charge is 0.227 e. The highest BCUT2D eigenvalue weighted by Crippen LogP contribution is 2.26. The van der Waals surface area contributed by atoms with Gasteiger partial charge in [-0.15, -0.1) is 0 Å². The summed E-state index contributed by atoms with van der Waals surface area (Å²) in [6, 6.07) is 5.12. The van der Waals surface area contributed by atoms with Crippen LogP contribution in [0.15, 0.2) is 18.2 Å². The SMILES string of the molecule is NCCN1CCC(C(=O)Nc2ccc(Cl)c(Cl)c2)CC1. The molecule has 0 aromatic heterocycles. The van der Waals surface area contributed by atoms with Gasteiger partial charge in [-0.3, -0.25) is 4.79 Å². The lowest BCUT2D eigenvalue weighted by Crippen LogP contribution is -2.40. The number of amides is 1. The number of benzene rings is 1. The first-order valence-corrected chi connectivity index (χ1v) is 7.54. The summed E-state index contributed by atoms with van der Waals surface area (Å²) in [6.07, 6.45) is 1.74. The van der Waals surface area contributed by atoms with E-state index < -0.39 is 0 Å². The average molecular weight is 316 g/mol. The van der Waals surface area contributed by atoms with E-state index in [2.05, 4.69) is 10.2 Å². The van der Waals surface area contributed by atoms with Crippen molar-refractivity contribution in [3.63, 3.8) is 0 Å². The second-order valence-electron chi connectivity index (χ2n) is 5.02. The first-order valence-electron chi connectivity index (χ1n) is 6.78. The van der Waals surface area contributed by atoms with Gasteiger partial charge in [0.1, 0.15) is 0 Å². The number of hydrogen-bond acceptors (Lipinski definition) is 3. The Bertz CT molecular complexity index is 473. The number of nitrogens with two attached hydrogens (primary N) is 1. The molecule has 2 rings (SSSR count). The van der Waals surface area contributed by atoms with Crippen LogP contribution in [0.4, 0.5) is 5.69 Å². The van der Waals surface area contributed by atoms with E-state index in [4.69, 9.17) is 28.9 Å². The summed E-state index contributed by atoms with van der Waals surface area (Å²) in [6.45, 7) is 3.43. The Balaban J connectivity index is 1.88. The molecule has 1 heterocycles. The van der Waals surface area contributed by atoms with Gasteiger partial charge in [0, 0.05) is 24.7 Å². The fraction of sp³-hybridized carbons (Fsp3) is 0.500. The monoisotopic (exact) mass is 315 g/mol. The summed E-state index contributed by atoms with van der Waals surface area (Å²) in [5, 5.41) is 3.83. The summed E-state index contributed by atoms with van der Waals surface area (Å²) < 4.78 is 0. The lowest BCUT2D eigenvalue weighted by atomic mass is 9.96. The van der Waals surface area contributed by atoms with Gasteiger partial charge < -0.3 is 16.0 Å². The Labute approximate surface area is 129 Å². The van der Waals surface area contributed by atoms with Gasteiger partial charge >= 0.3 is 0 Å². The summed E-state index contributed by atoms with van der Waals surface area (Å²) in [4.78, 5) is 14.5. The molecule has 1 aromatic rings. The minimum Gasteiger partial charge on any atom is -0.329 e. The highest BCUT2D eigenvalue weighted by atomic mass is 35.5. The molecule has 0 aliphatic carbocycles. The summed E-state index contributed by atoms with van der Waals surface area (Å²) >= 11 is 11.8. The van der Waals surface area contributed by atoms with Crippen LogP contribution in [0.5, 0.6) is 0 Å². The molecule has 110 valence electrons. The van der Waals surface area contributed by atoms with Crippen molar-refractivity contribution in [3.05, 3.63) is 28.2 Å². The van der Waals surface area contributed by atoms with Crippen LogP contribution in [0.2, 0.25) is 10.0 Å². The van der Waals surface area contributed by atoms with Gasteiger partial charge in [-0.1, -0.05) is 23.2 Å². The maximum absolute atomic E-state index is 12.2. The molecule has 4 nitrogen and oxygen atoms in total. The minimum atomic E-state index is 0.0517. The van der Waals surface area contributed by atoms with Crippen molar-refractivity contribution < 1.29 is 4.79 Å². The van der Waals surface area contributed by atoms with Gasteiger partial charge in [-0.2, -0.15) is 0 Å². The summed E-state index contributed by atoms with van der Waals surface area (Å²) in [5.41, 5.74) is 6.23. The van der Waals surface area contributed by atoms with Gasteiger partial charge in [0.05, 0.1) is 10.0 Å². The summed E-state index contributed by atoms with van der Waals surface area (Å²) in [7, 11) is 0. The summed E-state index contributed by atoms with van der Waals surface area (Å²) in [5.74, 6) is 0.106. The van der Waals surface area contributed by atoms with Crippen LogP contribution in [-0.2, 0) is 4.79 Å². The van der Waals surface area contributed by atoms with Gasteiger partial charge in [0.15, 0.2) is 0 Å². The molecular formula is C14H19Cl2N3O. The fourth-order valence-corrected chi connectivity index (χ4v) is 2.72. The number of piperidine rings is 1. The second-order valence-corrected chi connectivity index (χ2v) is 5.84. The zero-order valence-corrected chi connectivity index (χ0v) is 12.8. The standard InChI is InChI=1S/C14H19Cl2N3O/c15-12-2-1-11(9-13(12)16)18-14(20)10-3-6-19(7-4-10)8-5-17/h1-2,9-10H,3-8,17H2,(H,18,20). The third kappa shape index (κ3) is 4.09. The largest absolute Gasteiger partial charge is 0.329 e. The van der Waals surface area contributed by atoms with E-state index in [9.17, 15) is 4.79 Å². The Morgan fingerprint density at radius 2 is 2.00 bits per heavy atom. The first kappa shape index (κ1) is 15.6. The van der Waals surface area contributed by atoms with Crippen molar-refractivity contribution in [1.82, 2.24) is 4.90 Å². The van der Waals surface area contributed by atoms with Gasteiger partial charge in [0.25, 0.3) is 0 Å². The lowest BCUT2D eigenvalue weighted by Gasteiger charge is -2.30. The van der Waals surface area contributed by atoms with Gasteiger partial charge in [-0.25, -0.2) is 0 Å². The average Bonchev–Trinajstić information content (AvgIpc) is 2.44. The number of hydrogen-bond donors (Lipinski definition) is 2. The quantitative estimate of drug-likeness (QED) is 0.898. The van der Waals surface area contributed by atoms with Crippen molar-refractivity contribution in [3.8, 4) is 0 Å². The van der Waals surface area contributed by atoms with Crippen LogP contribution in [0.3, 0.4) is 0 Å². The number of anilines is 1. The van der Waals surface area contributed by atoms with E-state index in [1.54, 1.807) is 18.2 Å². The number of carbonyl (C=O) groups excluding carboxylic acids is 1. The number of likely N-dealkylation sites (tertiary alicyclic amines) is 1. The Morgan fingerprint density at radius 3 is 2.60 bits per heavy atom. The van der Waals surface area contributed by atoms with Crippen molar-refractivity contribution in [1.29, 1.82) is 0 Å². The van der Waals surface area contributed by atoms with Crippen LogP contribution < -0.4 is 11.1 Å². The predicted molar refractivity (Wildman–Crippen MR) is 83.3 cm³/mol. The molecule has 1 aliphatic rings. The molecule has 0 radical (unpaired) electrons. The number of rotatable bonds is 4. The van der Waals surface area contributed by atoms with Crippen LogP contribution in [0.1, 0.15) is 12.8 Å². The van der Waals surface area contributed by atoms with E-state index in [1.165, 1.54) is 0 Å². The lowest BCUT2D eigenvalue weighted by molar-refractivity contribution is -0.121. The van der Waals surface area contributed by atoms with Crippen molar-refractivity contribution in [2.75, 3.05) is 31.5 Å². The van der Waals surface area contributed by atoms with Crippen LogP contribution in [0, 0.1) is 5.92 Å². The minimum absolute atomic E-state index is 0.0517. The molecule has 1 fully saturated rings. The van der Waals surface area contributed by atoms with E-state index in [0.29, 0.717) is 22.3 Å².